The molecule has 0 unspecified atom stereocenters. The van der Waals surface area contributed by atoms with Gasteiger partial charge in [0.2, 0.25) is 0 Å². The molecule has 13 heteroatoms. The predicted octanol–water partition coefficient (Wildman–Crippen LogP) is 10.2. The second kappa shape index (κ2) is 19.4. The van der Waals surface area contributed by atoms with Gasteiger partial charge < -0.3 is 27.0 Å². The molecule has 4 radical (unpaired) electrons. The van der Waals surface area contributed by atoms with Gasteiger partial charge in [-0.2, -0.15) is 0 Å². The maximum atomic E-state index is 4.99. The SMILES string of the molecule is C[Si](C)(C)/C(=C(\c1ccccc1)[N]([Ge][S][Ge][N](/C(=C(\c1ccccn1)[Si](C)(C)C)c1ccccc1)[Si](C)(C)C)[Si](C)(C)C)c1ccccn1.[SH-].[SH-]. The molecule has 2 aromatic carbocycles. The Bertz CT molecular complexity index is 1600. The van der Waals surface area contributed by atoms with Gasteiger partial charge in [0, 0.05) is 0 Å². The fourth-order valence-corrected chi connectivity index (χ4v) is 43.3. The normalized spacial score (nSPS) is 13.3. The summed E-state index contributed by atoms with van der Waals surface area (Å²) in [5.74, 6) is 0. The average molecular weight is 923 g/mol. The summed E-state index contributed by atoms with van der Waals surface area (Å²) in [5, 5.41) is 2.96. The molecular formula is C38H56Ge2N4S3Si4-2. The predicted molar refractivity (Wildman–Crippen MR) is 249 cm³/mol. The topological polar surface area (TPSA) is 32.3 Å². The third-order valence-corrected chi connectivity index (χ3v) is 37.3. The maximum absolute atomic E-state index is 4.99. The number of nitrogens with zero attached hydrogens (tertiary/aromatic N) is 4. The molecule has 0 N–H and O–H groups in total. The van der Waals surface area contributed by atoms with Crippen LogP contribution in [0.2, 0.25) is 78.6 Å². The van der Waals surface area contributed by atoms with Crippen molar-refractivity contribution >= 4 is 119 Å². The summed E-state index contributed by atoms with van der Waals surface area (Å²) in [4.78, 5) is 9.99. The molecule has 0 atom stereocenters. The average Bonchev–Trinajstić information content (AvgIpc) is 3.02. The molecule has 0 aliphatic heterocycles. The summed E-state index contributed by atoms with van der Waals surface area (Å²) >= 11 is -1.16. The zero-order valence-corrected chi connectivity index (χ0v) is 43.3. The van der Waals surface area contributed by atoms with Crippen LogP contribution in [-0.2, 0) is 27.0 Å². The summed E-state index contributed by atoms with van der Waals surface area (Å²) < 4.78 is 5.90. The molecule has 51 heavy (non-hydrogen) atoms. The molecule has 2 heterocycles. The van der Waals surface area contributed by atoms with Gasteiger partial charge in [-0.15, -0.1) is 0 Å². The fraction of sp³-hybridized carbons (Fsp3) is 0.316. The number of hydrogen-bond acceptors (Lipinski definition) is 7. The molecular weight excluding hydrogens is 866 g/mol. The van der Waals surface area contributed by atoms with E-state index in [0.29, 0.717) is 0 Å². The van der Waals surface area contributed by atoms with Crippen molar-refractivity contribution in [3.8, 4) is 0 Å². The van der Waals surface area contributed by atoms with Crippen LogP contribution >= 0.6 is 8.41 Å². The molecule has 4 aromatic rings. The summed E-state index contributed by atoms with van der Waals surface area (Å²) in [5.41, 5.74) is 7.85. The van der Waals surface area contributed by atoms with E-state index in [0.717, 1.165) is 11.4 Å². The molecule has 272 valence electrons. The quantitative estimate of drug-likeness (QED) is 0.0708. The first-order valence-corrected chi connectivity index (χ1v) is 38.8. The molecule has 0 fully saturated rings. The smallest absolute Gasteiger partial charge is 0.813 e. The van der Waals surface area contributed by atoms with Crippen LogP contribution in [0, 0.1) is 0 Å². The van der Waals surface area contributed by atoms with E-state index in [1.807, 2.05) is 24.5 Å². The summed E-state index contributed by atoms with van der Waals surface area (Å²) in [6, 6.07) is 35.3. The largest absolute Gasteiger partial charge is 0.813 e. The molecule has 0 bridgehead atoms. The van der Waals surface area contributed by atoms with Crippen molar-refractivity contribution in [3.63, 3.8) is 0 Å². The first kappa shape index (κ1) is 46.0. The van der Waals surface area contributed by atoms with Crippen LogP contribution in [0.3, 0.4) is 0 Å². The Kier molecular flexibility index (Phi) is 17.5. The molecule has 0 saturated carbocycles. The molecule has 4 rings (SSSR count). The van der Waals surface area contributed by atoms with Crippen molar-refractivity contribution in [1.82, 2.24) is 17.0 Å². The molecule has 0 aliphatic carbocycles. The Balaban J connectivity index is 0.00000451. The number of pyridine rings is 2. The van der Waals surface area contributed by atoms with E-state index in [-0.39, 0.29) is 27.0 Å². The van der Waals surface area contributed by atoms with Gasteiger partial charge in [-0.3, -0.25) is 0 Å². The summed E-state index contributed by atoms with van der Waals surface area (Å²) in [7, 11) is -5.00. The second-order valence-electron chi connectivity index (χ2n) is 16.4. The third kappa shape index (κ3) is 12.4. The molecule has 2 aromatic heterocycles. The Labute approximate surface area is 343 Å². The van der Waals surface area contributed by atoms with Crippen LogP contribution in [0.15, 0.2) is 109 Å². The number of hydrogen-bond donors (Lipinski definition) is 0. The molecule has 0 amide bonds. The van der Waals surface area contributed by atoms with E-state index in [2.05, 4.69) is 179 Å². The summed E-state index contributed by atoms with van der Waals surface area (Å²) in [6.45, 7) is 30.2. The van der Waals surface area contributed by atoms with Crippen LogP contribution < -0.4 is 0 Å². The zero-order valence-electron chi connectivity index (χ0n) is 32.5. The Hall–Kier alpha value is -1.18. The minimum absolute atomic E-state index is 0. The fourth-order valence-electron chi connectivity index (χ4n) is 5.85. The van der Waals surface area contributed by atoms with E-state index in [1.165, 1.54) is 32.9 Å². The Morgan fingerprint density at radius 3 is 1.04 bits per heavy atom. The van der Waals surface area contributed by atoms with E-state index < -0.39 is 61.6 Å². The standard InChI is InChI=1S/C38H54Ge2N4SSi4.2H2S/c1-46(2,3)37(33-27-19-21-29-41-33)35(31-23-15-13-16-24-31)43(48(7,8)9)39-45-40-44(49(10,11)12)36(32-25-17-14-18-26-32)38(47(4,5)6)34-28-20-22-30-42-34;;/h13-30H,1-12H3;2*1H2/p-2/b37-35+,38-36+;;. The van der Waals surface area contributed by atoms with Crippen molar-refractivity contribution < 1.29 is 0 Å². The molecule has 0 spiro atoms. The first-order chi connectivity index (χ1) is 22.9. The molecule has 0 saturated heterocycles. The van der Waals surface area contributed by atoms with Crippen molar-refractivity contribution in [2.75, 3.05) is 0 Å². The van der Waals surface area contributed by atoms with Crippen molar-refractivity contribution in [3.05, 3.63) is 132 Å². The number of rotatable bonds is 14. The van der Waals surface area contributed by atoms with Gasteiger partial charge in [0.15, 0.2) is 0 Å². The van der Waals surface area contributed by atoms with Crippen LogP contribution in [-0.4, -0.2) is 78.7 Å². The monoisotopic (exact) mass is 924 g/mol. The van der Waals surface area contributed by atoms with Crippen LogP contribution in [0.4, 0.5) is 0 Å². The van der Waals surface area contributed by atoms with Gasteiger partial charge in [-0.1, -0.05) is 0 Å². The van der Waals surface area contributed by atoms with Crippen LogP contribution in [0.1, 0.15) is 22.5 Å². The summed E-state index contributed by atoms with van der Waals surface area (Å²) in [6.07, 6.45) is 3.93. The van der Waals surface area contributed by atoms with E-state index in [9.17, 15) is 0 Å². The number of thiol groups is 2. The second-order valence-corrected chi connectivity index (χ2v) is 50.6. The third-order valence-electron chi connectivity index (χ3n) is 7.97. The van der Waals surface area contributed by atoms with Crippen molar-refractivity contribution in [2.45, 2.75) is 78.6 Å². The number of aromatic nitrogens is 2. The van der Waals surface area contributed by atoms with Gasteiger partial charge in [-0.25, -0.2) is 0 Å². The van der Waals surface area contributed by atoms with Gasteiger partial charge in [0.25, 0.3) is 0 Å². The minimum atomic E-state index is -1.84. The molecule has 4 nitrogen and oxygen atoms in total. The van der Waals surface area contributed by atoms with E-state index in [4.69, 9.17) is 9.97 Å². The van der Waals surface area contributed by atoms with Crippen LogP contribution in [0.5, 0.6) is 0 Å². The maximum Gasteiger partial charge on any atom is -0.813 e. The van der Waals surface area contributed by atoms with Crippen LogP contribution in [0.25, 0.3) is 21.8 Å². The van der Waals surface area contributed by atoms with Crippen molar-refractivity contribution in [1.29, 1.82) is 0 Å². The van der Waals surface area contributed by atoms with Gasteiger partial charge in [0.1, 0.15) is 0 Å². The first-order valence-electron chi connectivity index (χ1n) is 17.1. The van der Waals surface area contributed by atoms with Gasteiger partial charge in [-0.05, 0) is 0 Å². The Morgan fingerprint density at radius 2 is 0.784 bits per heavy atom. The number of benzene rings is 2. The van der Waals surface area contributed by atoms with E-state index >= 15 is 0 Å². The van der Waals surface area contributed by atoms with Gasteiger partial charge >= 0.3 is 319 Å². The minimum Gasteiger partial charge on any atom is -0.813 e. The van der Waals surface area contributed by atoms with Crippen molar-refractivity contribution in [2.24, 2.45) is 0 Å². The van der Waals surface area contributed by atoms with Gasteiger partial charge in [0.05, 0.1) is 0 Å². The van der Waals surface area contributed by atoms with E-state index in [1.54, 1.807) is 0 Å². The zero-order chi connectivity index (χ0) is 36.0. The Morgan fingerprint density at radius 1 is 0.471 bits per heavy atom. The molecule has 0 aliphatic rings.